The first-order valence-corrected chi connectivity index (χ1v) is 10.2. The largest absolute Gasteiger partial charge is 0.494 e. The summed E-state index contributed by atoms with van der Waals surface area (Å²) in [5.74, 6) is -1.71. The molecule has 0 saturated carbocycles. The number of amides is 1. The van der Waals surface area contributed by atoms with Gasteiger partial charge in [-0.3, -0.25) is 19.7 Å². The van der Waals surface area contributed by atoms with Crippen molar-refractivity contribution in [3.63, 3.8) is 0 Å². The van der Waals surface area contributed by atoms with Crippen LogP contribution in [-0.4, -0.2) is 31.6 Å². The molecule has 0 atom stereocenters. The minimum atomic E-state index is -5.12. The fraction of sp³-hybridized carbons (Fsp3) is 0.111. The van der Waals surface area contributed by atoms with Gasteiger partial charge in [-0.25, -0.2) is 13.9 Å². The zero-order valence-corrected chi connectivity index (χ0v) is 17.1. The molecular formula is C18H13ClF3N3O5S. The number of aromatic nitrogens is 1. The molecular weight excluding hydrogens is 463 g/mol. The number of hydrogen-bond acceptors (Lipinski definition) is 6. The van der Waals surface area contributed by atoms with Crippen LogP contribution in [0.2, 0.25) is 5.02 Å². The number of anilines is 1. The van der Waals surface area contributed by atoms with Crippen molar-refractivity contribution in [1.29, 1.82) is 0 Å². The highest BCUT2D eigenvalue weighted by Gasteiger charge is 2.39. The van der Waals surface area contributed by atoms with Gasteiger partial charge in [0.05, 0.1) is 33.8 Å². The van der Waals surface area contributed by atoms with E-state index in [0.717, 1.165) is 18.7 Å². The smallest absolute Gasteiger partial charge is 0.417 e. The van der Waals surface area contributed by atoms with Gasteiger partial charge in [0.1, 0.15) is 11.3 Å². The molecule has 0 aliphatic heterocycles. The van der Waals surface area contributed by atoms with Gasteiger partial charge in [-0.15, -0.1) is 0 Å². The number of nitrogens with one attached hydrogen (secondary N) is 2. The van der Waals surface area contributed by atoms with Gasteiger partial charge in [-0.2, -0.15) is 13.2 Å². The molecule has 0 fully saturated rings. The van der Waals surface area contributed by atoms with Crippen LogP contribution in [0.1, 0.15) is 15.9 Å². The third-order valence-electron chi connectivity index (χ3n) is 4.19. The van der Waals surface area contributed by atoms with Crippen LogP contribution in [0, 0.1) is 0 Å². The molecule has 0 bridgehead atoms. The maximum atomic E-state index is 13.9. The van der Waals surface area contributed by atoms with E-state index < -0.39 is 49.3 Å². The number of fused-ring (bicyclic) bond motifs is 1. The second-order valence-corrected chi connectivity index (χ2v) is 8.13. The molecule has 0 spiro atoms. The molecule has 1 amide bonds. The number of carbonyl (C=O) groups excluding carboxylic acids is 1. The predicted molar refractivity (Wildman–Crippen MR) is 105 cm³/mol. The molecule has 0 aliphatic carbocycles. The number of hydroxylamine groups is 1. The first kappa shape index (κ1) is 22.6. The highest BCUT2D eigenvalue weighted by Crippen LogP contribution is 2.45. The maximum absolute atomic E-state index is 13.9. The standard InChI is InChI=1S/C18H13ClF3N3O5S/c1-30-12-7-11(25-31(28,29)9-5-3-2-4-6-9)15(19)13-14(18(20,21)22)10(17(26)24-27)8-23-16(12)13/h2-8,25,27H,1H3,(H,24,26). The topological polar surface area (TPSA) is 118 Å². The van der Waals surface area contributed by atoms with Gasteiger partial charge in [0.25, 0.3) is 15.9 Å². The number of sulfonamides is 1. The molecule has 164 valence electrons. The summed E-state index contributed by atoms with van der Waals surface area (Å²) in [5.41, 5.74) is -2.21. The third-order valence-corrected chi connectivity index (χ3v) is 5.97. The van der Waals surface area contributed by atoms with Crippen molar-refractivity contribution in [2.75, 3.05) is 11.8 Å². The summed E-state index contributed by atoms with van der Waals surface area (Å²) in [6.45, 7) is 0. The minimum Gasteiger partial charge on any atom is -0.494 e. The molecule has 0 aliphatic rings. The van der Waals surface area contributed by atoms with Gasteiger partial charge in [-0.05, 0) is 12.1 Å². The number of halogens is 4. The number of carbonyl (C=O) groups is 1. The Morgan fingerprint density at radius 2 is 1.87 bits per heavy atom. The molecule has 0 radical (unpaired) electrons. The molecule has 8 nitrogen and oxygen atoms in total. The van der Waals surface area contributed by atoms with Crippen LogP contribution in [0.15, 0.2) is 47.5 Å². The Balaban J connectivity index is 2.35. The van der Waals surface area contributed by atoms with E-state index >= 15 is 0 Å². The average molecular weight is 476 g/mol. The van der Waals surface area contributed by atoms with E-state index in [2.05, 4.69) is 9.71 Å². The normalized spacial score (nSPS) is 11.9. The van der Waals surface area contributed by atoms with E-state index in [9.17, 15) is 26.4 Å². The lowest BCUT2D eigenvalue weighted by Crippen LogP contribution is -2.24. The number of ether oxygens (including phenoxy) is 1. The van der Waals surface area contributed by atoms with Crippen LogP contribution >= 0.6 is 11.6 Å². The Morgan fingerprint density at radius 1 is 1.23 bits per heavy atom. The number of rotatable bonds is 5. The molecule has 31 heavy (non-hydrogen) atoms. The molecule has 3 aromatic rings. The van der Waals surface area contributed by atoms with Crippen LogP contribution in [0.4, 0.5) is 18.9 Å². The van der Waals surface area contributed by atoms with Crippen molar-refractivity contribution in [2.24, 2.45) is 0 Å². The zero-order chi connectivity index (χ0) is 23.0. The highest BCUT2D eigenvalue weighted by molar-refractivity contribution is 7.92. The number of methoxy groups -OCH3 is 1. The summed E-state index contributed by atoms with van der Waals surface area (Å²) in [5, 5.41) is 7.37. The Labute approximate surface area is 178 Å². The van der Waals surface area contributed by atoms with Gasteiger partial charge in [0.15, 0.2) is 0 Å². The first-order chi connectivity index (χ1) is 14.5. The van der Waals surface area contributed by atoms with Crippen LogP contribution in [-0.2, 0) is 16.2 Å². The second-order valence-electron chi connectivity index (χ2n) is 6.07. The molecule has 0 saturated heterocycles. The molecule has 3 N–H and O–H groups in total. The fourth-order valence-electron chi connectivity index (χ4n) is 2.87. The summed E-state index contributed by atoms with van der Waals surface area (Å²) in [6.07, 6.45) is -4.52. The van der Waals surface area contributed by atoms with Crippen LogP contribution in [0.5, 0.6) is 5.75 Å². The van der Waals surface area contributed by atoms with Gasteiger partial charge in [-0.1, -0.05) is 29.8 Å². The fourth-order valence-corrected chi connectivity index (χ4v) is 4.29. The van der Waals surface area contributed by atoms with Gasteiger partial charge in [0.2, 0.25) is 0 Å². The number of nitrogens with zero attached hydrogens (tertiary/aromatic N) is 1. The van der Waals surface area contributed by atoms with Crippen molar-refractivity contribution in [3.8, 4) is 5.75 Å². The summed E-state index contributed by atoms with van der Waals surface area (Å²) in [4.78, 5) is 15.4. The Morgan fingerprint density at radius 3 is 2.42 bits per heavy atom. The Hall–Kier alpha value is -3.09. The monoisotopic (exact) mass is 475 g/mol. The summed E-state index contributed by atoms with van der Waals surface area (Å²) < 4.78 is 74.2. The van der Waals surface area contributed by atoms with Crippen molar-refractivity contribution < 1.29 is 36.3 Å². The maximum Gasteiger partial charge on any atom is 0.417 e. The summed E-state index contributed by atoms with van der Waals surface area (Å²) >= 11 is 6.18. The first-order valence-electron chi connectivity index (χ1n) is 8.30. The van der Waals surface area contributed by atoms with Crippen LogP contribution in [0.25, 0.3) is 10.9 Å². The highest BCUT2D eigenvalue weighted by atomic mass is 35.5. The number of benzene rings is 2. The van der Waals surface area contributed by atoms with E-state index in [0.29, 0.717) is 6.20 Å². The molecule has 2 aromatic carbocycles. The average Bonchev–Trinajstić information content (AvgIpc) is 2.74. The van der Waals surface area contributed by atoms with Crippen LogP contribution in [0.3, 0.4) is 0 Å². The lowest BCUT2D eigenvalue weighted by molar-refractivity contribution is -0.136. The van der Waals surface area contributed by atoms with Gasteiger partial charge >= 0.3 is 6.18 Å². The number of alkyl halides is 3. The third kappa shape index (κ3) is 4.22. The quantitative estimate of drug-likeness (QED) is 0.381. The van der Waals surface area contributed by atoms with Gasteiger partial charge in [0, 0.05) is 17.6 Å². The van der Waals surface area contributed by atoms with Crippen LogP contribution < -0.4 is 14.9 Å². The van der Waals surface area contributed by atoms with Gasteiger partial charge < -0.3 is 4.74 Å². The SMILES string of the molecule is COc1cc(NS(=O)(=O)c2ccccc2)c(Cl)c2c(C(F)(F)F)c(C(=O)NO)cnc12. The summed E-state index contributed by atoms with van der Waals surface area (Å²) in [7, 11) is -3.08. The van der Waals surface area contributed by atoms with E-state index in [1.807, 2.05) is 0 Å². The minimum absolute atomic E-state index is 0.160. The molecule has 1 heterocycles. The van der Waals surface area contributed by atoms with Crippen molar-refractivity contribution in [1.82, 2.24) is 10.5 Å². The molecule has 13 heteroatoms. The van der Waals surface area contributed by atoms with E-state index in [-0.39, 0.29) is 16.2 Å². The van der Waals surface area contributed by atoms with E-state index in [1.165, 1.54) is 24.3 Å². The van der Waals surface area contributed by atoms with E-state index in [1.54, 1.807) is 6.07 Å². The summed E-state index contributed by atoms with van der Waals surface area (Å²) in [6, 6.07) is 8.14. The molecule has 1 aromatic heterocycles. The number of hydrogen-bond donors (Lipinski definition) is 3. The Kier molecular flexibility index (Phi) is 5.98. The van der Waals surface area contributed by atoms with Crippen molar-refractivity contribution >= 4 is 44.1 Å². The molecule has 3 rings (SSSR count). The molecule has 0 unspecified atom stereocenters. The Bertz CT molecular complexity index is 1270. The lowest BCUT2D eigenvalue weighted by Gasteiger charge is -2.19. The van der Waals surface area contributed by atoms with E-state index in [4.69, 9.17) is 21.5 Å². The second kappa shape index (κ2) is 8.21. The predicted octanol–water partition coefficient (Wildman–Crippen LogP) is 3.84. The van der Waals surface area contributed by atoms with Crippen molar-refractivity contribution in [3.05, 3.63) is 58.7 Å². The number of pyridine rings is 1. The lowest BCUT2D eigenvalue weighted by atomic mass is 10.0. The zero-order valence-electron chi connectivity index (χ0n) is 15.5. The van der Waals surface area contributed by atoms with Crippen molar-refractivity contribution in [2.45, 2.75) is 11.1 Å².